The molecule has 3 nitrogen and oxygen atoms in total. The highest BCUT2D eigenvalue weighted by molar-refractivity contribution is 9.11. The molecule has 0 spiro atoms. The van der Waals surface area contributed by atoms with Crippen LogP contribution in [-0.4, -0.2) is 0 Å². The van der Waals surface area contributed by atoms with Crippen LogP contribution in [0.2, 0.25) is 0 Å². The normalized spacial score (nSPS) is 6.17. The molecule has 0 saturated heterocycles. The SMILES string of the molecule is C=C(Br)N=[N+]=[N-]. The number of halogens is 1. The molecule has 0 N–H and O–H groups in total. The molecule has 0 fully saturated rings. The predicted molar refractivity (Wildman–Crippen MR) is 27.2 cm³/mol. The van der Waals surface area contributed by atoms with Crippen LogP contribution in [0.3, 0.4) is 0 Å². The minimum atomic E-state index is 0.310. The second-order valence-electron chi connectivity index (χ2n) is 0.566. The van der Waals surface area contributed by atoms with E-state index in [1.165, 1.54) is 0 Å². The quantitative estimate of drug-likeness (QED) is 0.237. The first-order valence-electron chi connectivity index (χ1n) is 1.17. The van der Waals surface area contributed by atoms with E-state index in [2.05, 4.69) is 32.5 Å². The second kappa shape index (κ2) is 2.75. The Labute approximate surface area is 43.4 Å². The minimum Gasteiger partial charge on any atom is -0.0824 e. The maximum Gasteiger partial charge on any atom is 0.0735 e. The van der Waals surface area contributed by atoms with E-state index in [4.69, 9.17) is 5.53 Å². The molecule has 0 rings (SSSR count). The molecule has 0 heterocycles. The van der Waals surface area contributed by atoms with Gasteiger partial charge in [0.05, 0.1) is 4.61 Å². The predicted octanol–water partition coefficient (Wildman–Crippen LogP) is 2.16. The Bertz CT molecular complexity index is 101. The summed E-state index contributed by atoms with van der Waals surface area (Å²) in [5.41, 5.74) is 7.60. The fourth-order valence-corrected chi connectivity index (χ4v) is 0.119. The Morgan fingerprint density at radius 2 is 2.50 bits per heavy atom. The van der Waals surface area contributed by atoms with Crippen molar-refractivity contribution in [1.82, 2.24) is 0 Å². The summed E-state index contributed by atoms with van der Waals surface area (Å²) in [5.74, 6) is 0. The summed E-state index contributed by atoms with van der Waals surface area (Å²) in [7, 11) is 0. The van der Waals surface area contributed by atoms with Gasteiger partial charge in [-0.15, -0.1) is 0 Å². The molecule has 0 aliphatic carbocycles. The van der Waals surface area contributed by atoms with Crippen LogP contribution >= 0.6 is 15.9 Å². The summed E-state index contributed by atoms with van der Waals surface area (Å²) in [5, 5.41) is 3.03. The number of rotatable bonds is 1. The molecule has 4 heteroatoms. The summed E-state index contributed by atoms with van der Waals surface area (Å²) >= 11 is 2.82. The topological polar surface area (TPSA) is 48.8 Å². The summed E-state index contributed by atoms with van der Waals surface area (Å²) in [6.07, 6.45) is 0. The first-order valence-corrected chi connectivity index (χ1v) is 1.96. The molecule has 32 valence electrons. The molecule has 6 heavy (non-hydrogen) atoms. The van der Waals surface area contributed by atoms with Gasteiger partial charge in [0.2, 0.25) is 0 Å². The largest absolute Gasteiger partial charge is 0.0824 e. The van der Waals surface area contributed by atoms with Gasteiger partial charge in [-0.2, -0.15) is 0 Å². The van der Waals surface area contributed by atoms with Gasteiger partial charge in [0.15, 0.2) is 0 Å². The van der Waals surface area contributed by atoms with E-state index in [1.807, 2.05) is 0 Å². The molecule has 0 aromatic rings. The van der Waals surface area contributed by atoms with Crippen LogP contribution in [0.5, 0.6) is 0 Å². The summed E-state index contributed by atoms with van der Waals surface area (Å²) in [6, 6.07) is 0. The van der Waals surface area contributed by atoms with Crippen LogP contribution < -0.4 is 0 Å². The van der Waals surface area contributed by atoms with Crippen molar-refractivity contribution < 1.29 is 0 Å². The molecule has 0 amide bonds. The minimum absolute atomic E-state index is 0.310. The van der Waals surface area contributed by atoms with Crippen LogP contribution in [0.25, 0.3) is 10.4 Å². The van der Waals surface area contributed by atoms with Gasteiger partial charge >= 0.3 is 0 Å². The van der Waals surface area contributed by atoms with Crippen LogP contribution in [-0.2, 0) is 0 Å². The number of hydrogen-bond acceptors (Lipinski definition) is 1. The number of hydrogen-bond donors (Lipinski definition) is 0. The van der Waals surface area contributed by atoms with Gasteiger partial charge in [0.25, 0.3) is 0 Å². The van der Waals surface area contributed by atoms with Gasteiger partial charge in [0.1, 0.15) is 0 Å². The molecule has 0 aliphatic rings. The highest BCUT2D eigenvalue weighted by atomic mass is 79.9. The lowest BCUT2D eigenvalue weighted by atomic mass is 11.1. The molecule has 0 unspecified atom stereocenters. The maximum absolute atomic E-state index is 7.60. The summed E-state index contributed by atoms with van der Waals surface area (Å²) < 4.78 is 0.310. The van der Waals surface area contributed by atoms with Gasteiger partial charge in [-0.1, -0.05) is 11.7 Å². The fraction of sp³-hybridized carbons (Fsp3) is 0. The van der Waals surface area contributed by atoms with Crippen molar-refractivity contribution in [2.75, 3.05) is 0 Å². The molecular weight excluding hydrogens is 146 g/mol. The van der Waals surface area contributed by atoms with E-state index in [1.54, 1.807) is 0 Å². The monoisotopic (exact) mass is 147 g/mol. The summed E-state index contributed by atoms with van der Waals surface area (Å²) in [6.45, 7) is 3.24. The molecule has 0 aromatic heterocycles. The van der Waals surface area contributed by atoms with Crippen LogP contribution in [0.4, 0.5) is 0 Å². The zero-order valence-corrected chi connectivity index (χ0v) is 4.51. The maximum atomic E-state index is 7.60. The van der Waals surface area contributed by atoms with Crippen molar-refractivity contribution >= 4 is 15.9 Å². The van der Waals surface area contributed by atoms with Gasteiger partial charge in [0, 0.05) is 4.91 Å². The second-order valence-corrected chi connectivity index (χ2v) is 1.48. The number of azide groups is 1. The third-order valence-corrected chi connectivity index (χ3v) is 0.312. The Kier molecular flexibility index (Phi) is 2.54. The van der Waals surface area contributed by atoms with Crippen molar-refractivity contribution in [3.8, 4) is 0 Å². The van der Waals surface area contributed by atoms with Crippen molar-refractivity contribution in [2.45, 2.75) is 0 Å². The van der Waals surface area contributed by atoms with E-state index >= 15 is 0 Å². The van der Waals surface area contributed by atoms with Crippen LogP contribution in [0.1, 0.15) is 0 Å². The highest BCUT2D eigenvalue weighted by Gasteiger charge is 1.68. The first-order chi connectivity index (χ1) is 2.77. The lowest BCUT2D eigenvalue weighted by Crippen LogP contribution is -1.41. The van der Waals surface area contributed by atoms with Gasteiger partial charge in [-0.3, -0.25) is 0 Å². The molecule has 0 bridgehead atoms. The standard InChI is InChI=1S/C2H2BrN3/c1-2(3)5-6-4/h1H2. The number of nitrogens with zero attached hydrogens (tertiary/aromatic N) is 3. The molecule has 0 aliphatic heterocycles. The zero-order chi connectivity index (χ0) is 4.99. The van der Waals surface area contributed by atoms with Gasteiger partial charge in [-0.05, 0) is 21.5 Å². The molecule has 0 radical (unpaired) electrons. The smallest absolute Gasteiger partial charge is 0.0735 e. The first kappa shape index (κ1) is 5.53. The van der Waals surface area contributed by atoms with Crippen molar-refractivity contribution in [2.24, 2.45) is 5.11 Å². The van der Waals surface area contributed by atoms with E-state index in [0.29, 0.717) is 4.61 Å². The van der Waals surface area contributed by atoms with Crippen molar-refractivity contribution in [1.29, 1.82) is 0 Å². The third-order valence-electron chi connectivity index (χ3n) is 0.153. The van der Waals surface area contributed by atoms with Gasteiger partial charge in [-0.25, -0.2) is 0 Å². The molecule has 0 aromatic carbocycles. The Hall–Kier alpha value is -0.470. The zero-order valence-electron chi connectivity index (χ0n) is 2.93. The summed E-state index contributed by atoms with van der Waals surface area (Å²) in [4.78, 5) is 2.41. The average Bonchev–Trinajstić information content (AvgIpc) is 1.35. The lowest BCUT2D eigenvalue weighted by molar-refractivity contribution is 1.50. The lowest BCUT2D eigenvalue weighted by Gasteiger charge is -1.66. The van der Waals surface area contributed by atoms with E-state index in [9.17, 15) is 0 Å². The third kappa shape index (κ3) is 3.53. The van der Waals surface area contributed by atoms with E-state index in [0.717, 1.165) is 0 Å². The average molecular weight is 148 g/mol. The van der Waals surface area contributed by atoms with Crippen LogP contribution in [0, 0.1) is 0 Å². The molecule has 0 saturated carbocycles. The molecule has 0 atom stereocenters. The Balaban J connectivity index is 3.60. The van der Waals surface area contributed by atoms with Crippen molar-refractivity contribution in [3.05, 3.63) is 21.6 Å². The highest BCUT2D eigenvalue weighted by Crippen LogP contribution is 1.99. The fourth-order valence-electron chi connectivity index (χ4n) is 0.0485. The van der Waals surface area contributed by atoms with Crippen LogP contribution in [0.15, 0.2) is 16.3 Å². The molecular formula is C2H2BrN3. The Morgan fingerprint density at radius 1 is 2.00 bits per heavy atom. The Morgan fingerprint density at radius 3 is 2.50 bits per heavy atom. The van der Waals surface area contributed by atoms with E-state index in [-0.39, 0.29) is 0 Å². The van der Waals surface area contributed by atoms with E-state index < -0.39 is 0 Å². The van der Waals surface area contributed by atoms with Crippen molar-refractivity contribution in [3.63, 3.8) is 0 Å². The van der Waals surface area contributed by atoms with Gasteiger partial charge < -0.3 is 0 Å².